The lowest BCUT2D eigenvalue weighted by Gasteiger charge is -2.27. The molecule has 152 valence electrons. The average molecular weight is 394 g/mol. The summed E-state index contributed by atoms with van der Waals surface area (Å²) in [7, 11) is 0. The van der Waals surface area contributed by atoms with Crippen molar-refractivity contribution >= 4 is 28.9 Å². The summed E-state index contributed by atoms with van der Waals surface area (Å²) in [6.07, 6.45) is 4.17. The minimum absolute atomic E-state index is 0.409. The second-order valence-corrected chi connectivity index (χ2v) is 7.43. The quantitative estimate of drug-likeness (QED) is 0.604. The van der Waals surface area contributed by atoms with E-state index in [1.165, 1.54) is 6.42 Å². The Morgan fingerprint density at radius 2 is 2.07 bits per heavy atom. The highest BCUT2D eigenvalue weighted by atomic mass is 16.5. The van der Waals surface area contributed by atoms with Gasteiger partial charge in [0, 0.05) is 25.7 Å². The summed E-state index contributed by atoms with van der Waals surface area (Å²) < 4.78 is 7.25. The predicted octanol–water partition coefficient (Wildman–Crippen LogP) is 1.87. The molecule has 5 rings (SSSR count). The fourth-order valence-corrected chi connectivity index (χ4v) is 3.82. The third-order valence-corrected chi connectivity index (χ3v) is 5.35. The number of hydrogen-bond donors (Lipinski definition) is 3. The molecule has 2 aliphatic heterocycles. The number of pyridine rings is 2. The molecular weight excluding hydrogens is 368 g/mol. The number of fused-ring (bicyclic) bond motifs is 1. The van der Waals surface area contributed by atoms with Crippen molar-refractivity contribution in [3.05, 3.63) is 36.5 Å². The number of nitrogens with one attached hydrogen (secondary N) is 3. The Balaban J connectivity index is 1.31. The fraction of sp³-hybridized carbons (Fsp3) is 0.450. The minimum atomic E-state index is 0.409. The lowest BCUT2D eigenvalue weighted by molar-refractivity contribution is 0.122. The van der Waals surface area contributed by atoms with Crippen molar-refractivity contribution in [3.63, 3.8) is 0 Å². The number of morpholine rings is 1. The first kappa shape index (κ1) is 18.1. The summed E-state index contributed by atoms with van der Waals surface area (Å²) in [4.78, 5) is 11.4. The fourth-order valence-electron chi connectivity index (χ4n) is 3.82. The van der Waals surface area contributed by atoms with Crippen LogP contribution in [0.4, 0.5) is 23.3 Å². The number of anilines is 4. The molecule has 29 heavy (non-hydrogen) atoms. The van der Waals surface area contributed by atoms with Gasteiger partial charge in [-0.1, -0.05) is 6.07 Å². The zero-order valence-electron chi connectivity index (χ0n) is 16.3. The maximum atomic E-state index is 5.40. The van der Waals surface area contributed by atoms with Gasteiger partial charge in [0.05, 0.1) is 25.1 Å². The van der Waals surface area contributed by atoms with Crippen LogP contribution in [0.3, 0.4) is 0 Å². The molecule has 0 aromatic carbocycles. The molecule has 0 aliphatic carbocycles. The molecule has 0 amide bonds. The van der Waals surface area contributed by atoms with E-state index in [0.29, 0.717) is 12.0 Å². The second kappa shape index (κ2) is 8.22. The van der Waals surface area contributed by atoms with Gasteiger partial charge in [-0.05, 0) is 43.7 Å². The van der Waals surface area contributed by atoms with Crippen molar-refractivity contribution in [2.24, 2.45) is 0 Å². The zero-order valence-corrected chi connectivity index (χ0v) is 16.3. The van der Waals surface area contributed by atoms with E-state index in [0.717, 1.165) is 68.8 Å². The Kier molecular flexibility index (Phi) is 5.14. The van der Waals surface area contributed by atoms with Crippen LogP contribution < -0.4 is 20.9 Å². The van der Waals surface area contributed by atoms with Crippen LogP contribution in [-0.2, 0) is 4.74 Å². The number of nitrogens with zero attached hydrogens (tertiary/aromatic N) is 5. The van der Waals surface area contributed by atoms with Crippen molar-refractivity contribution in [2.45, 2.75) is 18.9 Å². The van der Waals surface area contributed by atoms with E-state index in [1.54, 1.807) is 0 Å². The molecule has 0 unspecified atom stereocenters. The van der Waals surface area contributed by atoms with Crippen LogP contribution in [0.15, 0.2) is 36.5 Å². The summed E-state index contributed by atoms with van der Waals surface area (Å²) in [6, 6.07) is 10.4. The summed E-state index contributed by atoms with van der Waals surface area (Å²) in [6.45, 7) is 5.32. The van der Waals surface area contributed by atoms with E-state index in [2.05, 4.69) is 35.9 Å². The molecule has 2 fully saturated rings. The van der Waals surface area contributed by atoms with Crippen molar-refractivity contribution in [2.75, 3.05) is 54.9 Å². The van der Waals surface area contributed by atoms with Crippen LogP contribution in [0, 0.1) is 0 Å². The molecule has 0 bridgehead atoms. The standard InChI is InChI=1S/C20H26N8O/c1-4-18(23-15-3-2-8-21-13-15)28-19(5-1)25-20(26-28)24-16-6-7-17(22-14-16)27-9-11-29-12-10-27/h1,4-7,14-15,21,23H,2-3,8-13H2,(H,24,26)/t15-/m0/s1. The second-order valence-electron chi connectivity index (χ2n) is 7.43. The van der Waals surface area contributed by atoms with Crippen LogP contribution in [0.25, 0.3) is 5.65 Å². The van der Waals surface area contributed by atoms with Crippen molar-refractivity contribution < 1.29 is 4.74 Å². The number of hydrogen-bond acceptors (Lipinski definition) is 8. The molecule has 0 spiro atoms. The number of piperidine rings is 1. The van der Waals surface area contributed by atoms with Crippen LogP contribution in [-0.4, -0.2) is 65.0 Å². The summed E-state index contributed by atoms with van der Waals surface area (Å²) in [5, 5.41) is 14.9. The number of ether oxygens (including phenoxy) is 1. The van der Waals surface area contributed by atoms with Crippen LogP contribution in [0.1, 0.15) is 12.8 Å². The van der Waals surface area contributed by atoms with Gasteiger partial charge in [-0.15, -0.1) is 5.10 Å². The molecule has 2 saturated heterocycles. The van der Waals surface area contributed by atoms with E-state index in [4.69, 9.17) is 4.74 Å². The van der Waals surface area contributed by atoms with Gasteiger partial charge >= 0.3 is 0 Å². The Morgan fingerprint density at radius 1 is 1.14 bits per heavy atom. The smallest absolute Gasteiger partial charge is 0.247 e. The Morgan fingerprint density at radius 3 is 2.86 bits per heavy atom. The molecule has 0 saturated carbocycles. The molecule has 5 heterocycles. The summed E-state index contributed by atoms with van der Waals surface area (Å²) >= 11 is 0. The minimum Gasteiger partial charge on any atom is -0.378 e. The molecule has 3 N–H and O–H groups in total. The van der Waals surface area contributed by atoms with Gasteiger partial charge in [0.25, 0.3) is 0 Å². The molecule has 9 nitrogen and oxygen atoms in total. The highest BCUT2D eigenvalue weighted by Gasteiger charge is 2.15. The van der Waals surface area contributed by atoms with Gasteiger partial charge in [-0.2, -0.15) is 9.50 Å². The van der Waals surface area contributed by atoms with Gasteiger partial charge < -0.3 is 25.6 Å². The molecule has 9 heteroatoms. The van der Waals surface area contributed by atoms with Gasteiger partial charge in [0.15, 0.2) is 5.65 Å². The lowest BCUT2D eigenvalue weighted by Crippen LogP contribution is -2.38. The Hall–Kier alpha value is -2.91. The highest BCUT2D eigenvalue weighted by Crippen LogP contribution is 2.20. The van der Waals surface area contributed by atoms with Crippen molar-refractivity contribution in [1.82, 2.24) is 24.9 Å². The van der Waals surface area contributed by atoms with Crippen LogP contribution in [0.2, 0.25) is 0 Å². The van der Waals surface area contributed by atoms with Gasteiger partial charge in [-0.3, -0.25) is 0 Å². The third-order valence-electron chi connectivity index (χ3n) is 5.35. The lowest BCUT2D eigenvalue weighted by atomic mass is 10.1. The van der Waals surface area contributed by atoms with Crippen molar-refractivity contribution in [3.8, 4) is 0 Å². The van der Waals surface area contributed by atoms with E-state index in [1.807, 2.05) is 41.0 Å². The Bertz CT molecular complexity index is 945. The topological polar surface area (TPSA) is 91.6 Å². The number of rotatable bonds is 5. The Labute approximate surface area is 169 Å². The van der Waals surface area contributed by atoms with Crippen LogP contribution in [0.5, 0.6) is 0 Å². The maximum absolute atomic E-state index is 5.40. The van der Waals surface area contributed by atoms with Gasteiger partial charge in [0.1, 0.15) is 11.6 Å². The molecule has 3 aromatic heterocycles. The summed E-state index contributed by atoms with van der Waals surface area (Å²) in [5.41, 5.74) is 1.67. The largest absolute Gasteiger partial charge is 0.378 e. The molecule has 1 atom stereocenters. The van der Waals surface area contributed by atoms with E-state index >= 15 is 0 Å². The van der Waals surface area contributed by atoms with E-state index < -0.39 is 0 Å². The molecular formula is C20H26N8O. The first-order chi connectivity index (χ1) is 14.3. The van der Waals surface area contributed by atoms with Gasteiger partial charge in [-0.25, -0.2) is 4.98 Å². The normalized spacial score (nSPS) is 20.0. The molecule has 3 aromatic rings. The predicted molar refractivity (Wildman–Crippen MR) is 113 cm³/mol. The maximum Gasteiger partial charge on any atom is 0.247 e. The highest BCUT2D eigenvalue weighted by molar-refractivity contribution is 5.59. The van der Waals surface area contributed by atoms with Gasteiger partial charge in [0.2, 0.25) is 5.95 Å². The third kappa shape index (κ3) is 4.10. The first-order valence-electron chi connectivity index (χ1n) is 10.2. The zero-order chi connectivity index (χ0) is 19.5. The SMILES string of the molecule is c1cc(N[C@H]2CCCNC2)n2nc(Nc3ccc(N4CCOCC4)nc3)nc2c1. The van der Waals surface area contributed by atoms with E-state index in [9.17, 15) is 0 Å². The number of aromatic nitrogens is 4. The van der Waals surface area contributed by atoms with E-state index in [-0.39, 0.29) is 0 Å². The first-order valence-corrected chi connectivity index (χ1v) is 10.2. The molecule has 0 radical (unpaired) electrons. The molecule has 2 aliphatic rings. The average Bonchev–Trinajstić information content (AvgIpc) is 3.19. The van der Waals surface area contributed by atoms with Crippen LogP contribution >= 0.6 is 0 Å². The summed E-state index contributed by atoms with van der Waals surface area (Å²) in [5.74, 6) is 2.48. The van der Waals surface area contributed by atoms with Crippen molar-refractivity contribution in [1.29, 1.82) is 0 Å². The monoisotopic (exact) mass is 394 g/mol.